The Morgan fingerprint density at radius 1 is 1.03 bits per heavy atom. The number of aromatic nitrogens is 1. The molecule has 0 radical (unpaired) electrons. The van der Waals surface area contributed by atoms with E-state index in [4.69, 9.17) is 9.15 Å². The third-order valence-corrected chi connectivity index (χ3v) is 4.77. The van der Waals surface area contributed by atoms with E-state index in [1.807, 2.05) is 24.3 Å². The number of furan rings is 1. The molecule has 0 unspecified atom stereocenters. The molecule has 8 heteroatoms. The second-order valence-electron chi connectivity index (χ2n) is 6.69. The Bertz CT molecular complexity index is 1080. The number of aryl methyl sites for hydroxylation is 1. The lowest BCUT2D eigenvalue weighted by Crippen LogP contribution is -2.43. The van der Waals surface area contributed by atoms with Crippen LogP contribution in [0.5, 0.6) is 0 Å². The maximum absolute atomic E-state index is 12.8. The van der Waals surface area contributed by atoms with E-state index in [1.165, 1.54) is 12.3 Å². The van der Waals surface area contributed by atoms with Crippen LogP contribution in [0.25, 0.3) is 10.9 Å². The first-order valence-corrected chi connectivity index (χ1v) is 9.34. The first-order valence-electron chi connectivity index (χ1n) is 9.34. The summed E-state index contributed by atoms with van der Waals surface area (Å²) in [6, 6.07) is 10.4. The topological polar surface area (TPSA) is 111 Å². The molecule has 4 rings (SSSR count). The lowest BCUT2D eigenvalue weighted by Gasteiger charge is -2.19. The van der Waals surface area contributed by atoms with Crippen molar-refractivity contribution in [2.75, 3.05) is 6.61 Å². The molecule has 0 atom stereocenters. The Kier molecular flexibility index (Phi) is 5.24. The van der Waals surface area contributed by atoms with Crippen LogP contribution in [0.4, 0.5) is 0 Å². The quantitative estimate of drug-likeness (QED) is 0.520. The average molecular weight is 393 g/mol. The van der Waals surface area contributed by atoms with E-state index in [2.05, 4.69) is 15.8 Å². The summed E-state index contributed by atoms with van der Waals surface area (Å²) < 4.78 is 10.2. The number of hydrogen-bond acceptors (Lipinski definition) is 6. The first kappa shape index (κ1) is 18.7. The van der Waals surface area contributed by atoms with E-state index in [-0.39, 0.29) is 5.76 Å². The second kappa shape index (κ2) is 8.14. The Morgan fingerprint density at radius 3 is 2.69 bits per heavy atom. The zero-order valence-corrected chi connectivity index (χ0v) is 15.6. The fourth-order valence-electron chi connectivity index (χ4n) is 3.44. The van der Waals surface area contributed by atoms with Crippen LogP contribution < -0.4 is 10.9 Å². The number of pyridine rings is 1. The van der Waals surface area contributed by atoms with Gasteiger partial charge in [0.15, 0.2) is 12.4 Å². The Hall–Kier alpha value is -3.68. The number of fused-ring (bicyclic) bond motifs is 2. The number of hydrazine groups is 1. The molecule has 29 heavy (non-hydrogen) atoms. The van der Waals surface area contributed by atoms with Crippen LogP contribution in [-0.2, 0) is 22.4 Å². The van der Waals surface area contributed by atoms with Crippen molar-refractivity contribution in [1.29, 1.82) is 0 Å². The Morgan fingerprint density at radius 2 is 1.86 bits per heavy atom. The average Bonchev–Trinajstić information content (AvgIpc) is 3.29. The first-order chi connectivity index (χ1) is 14.1. The molecule has 8 nitrogen and oxygen atoms in total. The number of esters is 1. The maximum Gasteiger partial charge on any atom is 0.339 e. The zero-order valence-electron chi connectivity index (χ0n) is 15.6. The molecule has 1 aromatic carbocycles. The van der Waals surface area contributed by atoms with Gasteiger partial charge in [0.1, 0.15) is 0 Å². The number of ether oxygens (including phenoxy) is 1. The highest BCUT2D eigenvalue weighted by Gasteiger charge is 2.24. The van der Waals surface area contributed by atoms with Gasteiger partial charge in [0.2, 0.25) is 0 Å². The van der Waals surface area contributed by atoms with Crippen molar-refractivity contribution in [3.05, 3.63) is 65.2 Å². The molecule has 1 aliphatic carbocycles. The Labute approximate surface area is 166 Å². The fourth-order valence-corrected chi connectivity index (χ4v) is 3.44. The van der Waals surface area contributed by atoms with Gasteiger partial charge in [0.05, 0.1) is 17.3 Å². The summed E-state index contributed by atoms with van der Waals surface area (Å²) in [4.78, 5) is 41.2. The van der Waals surface area contributed by atoms with Gasteiger partial charge in [-0.15, -0.1) is 0 Å². The molecule has 2 aromatic heterocycles. The molecule has 0 fully saturated rings. The van der Waals surface area contributed by atoms with Crippen molar-refractivity contribution >= 4 is 28.7 Å². The standard InChI is InChI=1S/C21H19N3O5/c25-18(23-24-20(26)17-10-5-11-28-17)12-29-21(27)19-13-6-1-3-8-15(13)22-16-9-4-2-7-14(16)19/h1,3,5-6,8,10-11H,2,4,7,9,12H2,(H,23,25)(H,24,26). The van der Waals surface area contributed by atoms with Crippen LogP contribution in [0.1, 0.15) is 45.0 Å². The molecule has 2 N–H and O–H groups in total. The normalized spacial score (nSPS) is 12.8. The van der Waals surface area contributed by atoms with E-state index < -0.39 is 24.4 Å². The molecule has 0 saturated carbocycles. The van der Waals surface area contributed by atoms with E-state index in [1.54, 1.807) is 6.07 Å². The zero-order chi connectivity index (χ0) is 20.2. The fraction of sp³-hybridized carbons (Fsp3) is 0.238. The minimum absolute atomic E-state index is 0.0529. The molecule has 0 saturated heterocycles. The molecule has 0 bridgehead atoms. The molecular formula is C21H19N3O5. The van der Waals surface area contributed by atoms with Crippen molar-refractivity contribution in [3.8, 4) is 0 Å². The second-order valence-corrected chi connectivity index (χ2v) is 6.69. The summed E-state index contributed by atoms with van der Waals surface area (Å²) >= 11 is 0. The molecule has 0 aliphatic heterocycles. The van der Waals surface area contributed by atoms with E-state index in [0.717, 1.165) is 42.5 Å². The number of nitrogens with zero attached hydrogens (tertiary/aromatic N) is 1. The monoisotopic (exact) mass is 393 g/mol. The number of benzene rings is 1. The van der Waals surface area contributed by atoms with Crippen molar-refractivity contribution in [1.82, 2.24) is 15.8 Å². The summed E-state index contributed by atoms with van der Waals surface area (Å²) in [5.41, 5.74) is 7.39. The summed E-state index contributed by atoms with van der Waals surface area (Å²) in [5.74, 6) is -1.79. The van der Waals surface area contributed by atoms with Gasteiger partial charge in [-0.3, -0.25) is 25.4 Å². The van der Waals surface area contributed by atoms with Gasteiger partial charge in [0.25, 0.3) is 5.91 Å². The minimum atomic E-state index is -0.662. The lowest BCUT2D eigenvalue weighted by atomic mass is 9.90. The van der Waals surface area contributed by atoms with Crippen LogP contribution in [0.15, 0.2) is 47.1 Å². The molecule has 2 heterocycles. The number of rotatable bonds is 4. The maximum atomic E-state index is 12.8. The largest absolute Gasteiger partial charge is 0.459 e. The summed E-state index contributed by atoms with van der Waals surface area (Å²) in [6.45, 7) is -0.525. The van der Waals surface area contributed by atoms with Gasteiger partial charge in [0, 0.05) is 11.1 Å². The smallest absolute Gasteiger partial charge is 0.339 e. The molecule has 148 valence electrons. The van der Waals surface area contributed by atoms with Gasteiger partial charge < -0.3 is 9.15 Å². The van der Waals surface area contributed by atoms with Crippen LogP contribution in [-0.4, -0.2) is 29.4 Å². The number of para-hydroxylation sites is 1. The predicted molar refractivity (Wildman–Crippen MR) is 103 cm³/mol. The van der Waals surface area contributed by atoms with E-state index in [9.17, 15) is 14.4 Å². The molecule has 2 amide bonds. The van der Waals surface area contributed by atoms with Crippen molar-refractivity contribution in [2.45, 2.75) is 25.7 Å². The highest BCUT2D eigenvalue weighted by molar-refractivity contribution is 6.05. The molecular weight excluding hydrogens is 374 g/mol. The molecule has 0 spiro atoms. The summed E-state index contributed by atoms with van der Waals surface area (Å²) in [5, 5.41) is 0.713. The Balaban J connectivity index is 1.45. The van der Waals surface area contributed by atoms with E-state index >= 15 is 0 Å². The van der Waals surface area contributed by atoms with Crippen LogP contribution >= 0.6 is 0 Å². The molecule has 1 aliphatic rings. The van der Waals surface area contributed by atoms with Gasteiger partial charge >= 0.3 is 11.9 Å². The molecule has 3 aromatic rings. The number of amides is 2. The van der Waals surface area contributed by atoms with Gasteiger partial charge in [-0.05, 0) is 49.4 Å². The third kappa shape index (κ3) is 3.96. The van der Waals surface area contributed by atoms with Crippen LogP contribution in [0.2, 0.25) is 0 Å². The predicted octanol–water partition coefficient (Wildman–Crippen LogP) is 2.32. The summed E-state index contributed by atoms with van der Waals surface area (Å²) in [6.07, 6.45) is 4.93. The number of hydrogen-bond donors (Lipinski definition) is 2. The van der Waals surface area contributed by atoms with Gasteiger partial charge in [-0.1, -0.05) is 18.2 Å². The number of nitrogens with one attached hydrogen (secondary N) is 2. The lowest BCUT2D eigenvalue weighted by molar-refractivity contribution is -0.125. The third-order valence-electron chi connectivity index (χ3n) is 4.77. The number of carbonyl (C=O) groups is 3. The van der Waals surface area contributed by atoms with Crippen molar-refractivity contribution in [2.24, 2.45) is 0 Å². The van der Waals surface area contributed by atoms with Crippen LogP contribution in [0, 0.1) is 0 Å². The van der Waals surface area contributed by atoms with Gasteiger partial charge in [-0.25, -0.2) is 4.79 Å². The SMILES string of the molecule is O=C(COC(=O)c1c2c(nc3ccccc13)CCCC2)NNC(=O)c1ccco1. The van der Waals surface area contributed by atoms with E-state index in [0.29, 0.717) is 10.9 Å². The number of carbonyl (C=O) groups excluding carboxylic acids is 3. The summed E-state index contributed by atoms with van der Waals surface area (Å²) in [7, 11) is 0. The van der Waals surface area contributed by atoms with Crippen molar-refractivity contribution < 1.29 is 23.5 Å². The van der Waals surface area contributed by atoms with Crippen LogP contribution in [0.3, 0.4) is 0 Å². The van der Waals surface area contributed by atoms with Gasteiger partial charge in [-0.2, -0.15) is 0 Å². The minimum Gasteiger partial charge on any atom is -0.459 e. The van der Waals surface area contributed by atoms with Crippen molar-refractivity contribution in [3.63, 3.8) is 0 Å². The highest BCUT2D eigenvalue weighted by Crippen LogP contribution is 2.29. The highest BCUT2D eigenvalue weighted by atomic mass is 16.5.